The van der Waals surface area contributed by atoms with E-state index >= 15 is 0 Å². The summed E-state index contributed by atoms with van der Waals surface area (Å²) in [4.78, 5) is 21.1. The van der Waals surface area contributed by atoms with Crippen LogP contribution in [0.25, 0.3) is 10.9 Å². The normalized spacial score (nSPS) is 10.3. The summed E-state index contributed by atoms with van der Waals surface area (Å²) in [5, 5.41) is 24.0. The van der Waals surface area contributed by atoms with E-state index in [0.717, 1.165) is 11.4 Å². The van der Waals surface area contributed by atoms with E-state index in [1.54, 1.807) is 18.3 Å². The van der Waals surface area contributed by atoms with Crippen molar-refractivity contribution in [2.75, 3.05) is 24.3 Å². The lowest BCUT2D eigenvalue weighted by Crippen LogP contribution is -2.11. The smallest absolute Gasteiger partial charge is 0.270 e. The van der Waals surface area contributed by atoms with E-state index in [1.807, 2.05) is 31.1 Å². The van der Waals surface area contributed by atoms with Gasteiger partial charge in [0.15, 0.2) is 0 Å². The fourth-order valence-electron chi connectivity index (χ4n) is 2.52. The molecule has 0 spiro atoms. The molecule has 0 aliphatic rings. The van der Waals surface area contributed by atoms with Gasteiger partial charge in [0.05, 0.1) is 22.1 Å². The Morgan fingerprint density at radius 1 is 1.27 bits per heavy atom. The predicted molar refractivity (Wildman–Crippen MR) is 99.0 cm³/mol. The molecule has 0 amide bonds. The summed E-state index contributed by atoms with van der Waals surface area (Å²) in [5.41, 5.74) is 1.82. The Kier molecular flexibility index (Phi) is 4.62. The van der Waals surface area contributed by atoms with E-state index in [1.165, 1.54) is 12.1 Å². The van der Waals surface area contributed by atoms with Gasteiger partial charge >= 0.3 is 0 Å². The van der Waals surface area contributed by atoms with Gasteiger partial charge in [0.2, 0.25) is 0 Å². The number of benzene rings is 1. The number of rotatable bonds is 5. The summed E-state index contributed by atoms with van der Waals surface area (Å²) in [6, 6.07) is 11.8. The van der Waals surface area contributed by atoms with Crippen molar-refractivity contribution < 1.29 is 4.92 Å². The van der Waals surface area contributed by atoms with Gasteiger partial charge < -0.3 is 10.2 Å². The van der Waals surface area contributed by atoms with Crippen LogP contribution in [0.2, 0.25) is 0 Å². The molecule has 0 radical (unpaired) electrons. The molecule has 8 nitrogen and oxygen atoms in total. The number of nitrogens with one attached hydrogen (secondary N) is 1. The quantitative estimate of drug-likeness (QED) is 0.557. The van der Waals surface area contributed by atoms with Crippen molar-refractivity contribution in [3.63, 3.8) is 0 Å². The van der Waals surface area contributed by atoms with Gasteiger partial charge in [0.25, 0.3) is 5.69 Å². The van der Waals surface area contributed by atoms with Gasteiger partial charge in [-0.15, -0.1) is 0 Å². The molecule has 1 aromatic carbocycles. The van der Waals surface area contributed by atoms with E-state index < -0.39 is 4.92 Å². The summed E-state index contributed by atoms with van der Waals surface area (Å²) in [6.07, 6.45) is 1.74. The molecule has 2 heterocycles. The average Bonchev–Trinajstić information content (AvgIpc) is 2.65. The highest BCUT2D eigenvalue weighted by Gasteiger charge is 2.11. The van der Waals surface area contributed by atoms with E-state index in [0.29, 0.717) is 28.8 Å². The molecule has 0 aliphatic carbocycles. The van der Waals surface area contributed by atoms with Crippen LogP contribution in [0.15, 0.2) is 42.6 Å². The predicted octanol–water partition coefficient (Wildman–Crippen LogP) is 3.09. The van der Waals surface area contributed by atoms with E-state index in [-0.39, 0.29) is 5.69 Å². The number of hydrogen-bond acceptors (Lipinski definition) is 7. The molecule has 3 rings (SSSR count). The largest absolute Gasteiger partial charge is 0.366 e. The second kappa shape index (κ2) is 7.03. The Morgan fingerprint density at radius 2 is 2.08 bits per heavy atom. The number of hydrogen-bond donors (Lipinski definition) is 1. The highest BCUT2D eigenvalue weighted by atomic mass is 16.6. The van der Waals surface area contributed by atoms with Gasteiger partial charge in [-0.3, -0.25) is 10.1 Å². The van der Waals surface area contributed by atoms with Gasteiger partial charge in [0.1, 0.15) is 11.6 Å². The molecule has 0 aliphatic heterocycles. The van der Waals surface area contributed by atoms with Crippen LogP contribution in [0.1, 0.15) is 11.1 Å². The minimum Gasteiger partial charge on any atom is -0.366 e. The Balaban J connectivity index is 1.89. The third kappa shape index (κ3) is 3.52. The maximum Gasteiger partial charge on any atom is 0.270 e. The number of fused-ring (bicyclic) bond motifs is 1. The molecule has 0 saturated carbocycles. The highest BCUT2D eigenvalue weighted by molar-refractivity contribution is 5.88. The number of non-ortho nitro benzene ring substituents is 1. The van der Waals surface area contributed by atoms with Crippen molar-refractivity contribution in [3.8, 4) is 6.07 Å². The molecule has 0 fully saturated rings. The Labute approximate surface area is 149 Å². The Bertz CT molecular complexity index is 1030. The molecule has 8 heteroatoms. The standard InChI is InChI=1S/C18H16N6O2/c1-23(2)18-7-12(5-6-20-18)11-21-17-8-13(10-19)15-9-14(24(25)26)3-4-16(15)22-17/h3-9H,11H2,1-2H3,(H,21,22). The van der Waals surface area contributed by atoms with E-state index in [9.17, 15) is 15.4 Å². The van der Waals surface area contributed by atoms with Gasteiger partial charge in [-0.25, -0.2) is 9.97 Å². The van der Waals surface area contributed by atoms with Crippen LogP contribution < -0.4 is 10.2 Å². The number of anilines is 2. The van der Waals surface area contributed by atoms with Crippen LogP contribution in [0.3, 0.4) is 0 Å². The first-order valence-electron chi connectivity index (χ1n) is 7.83. The van der Waals surface area contributed by atoms with Crippen LogP contribution in [0, 0.1) is 21.4 Å². The van der Waals surface area contributed by atoms with Crippen molar-refractivity contribution in [1.29, 1.82) is 5.26 Å². The second-order valence-corrected chi connectivity index (χ2v) is 5.90. The minimum atomic E-state index is -0.488. The molecule has 130 valence electrons. The van der Waals surface area contributed by atoms with Crippen molar-refractivity contribution in [3.05, 3.63) is 63.8 Å². The fourth-order valence-corrected chi connectivity index (χ4v) is 2.52. The molecule has 0 bridgehead atoms. The lowest BCUT2D eigenvalue weighted by Gasteiger charge is -2.13. The van der Waals surface area contributed by atoms with E-state index in [2.05, 4.69) is 21.4 Å². The third-order valence-electron chi connectivity index (χ3n) is 3.87. The molecular formula is C18H16N6O2. The maximum atomic E-state index is 10.9. The SMILES string of the molecule is CN(C)c1cc(CNc2cc(C#N)c3cc([N+](=O)[O-])ccc3n2)ccn1. The first-order chi connectivity index (χ1) is 12.5. The first-order valence-corrected chi connectivity index (χ1v) is 7.83. The van der Waals surface area contributed by atoms with Crippen molar-refractivity contribution in [2.45, 2.75) is 6.54 Å². The van der Waals surface area contributed by atoms with Crippen LogP contribution >= 0.6 is 0 Å². The summed E-state index contributed by atoms with van der Waals surface area (Å²) < 4.78 is 0. The monoisotopic (exact) mass is 348 g/mol. The molecule has 0 atom stereocenters. The molecule has 1 N–H and O–H groups in total. The lowest BCUT2D eigenvalue weighted by molar-refractivity contribution is -0.384. The average molecular weight is 348 g/mol. The number of pyridine rings is 2. The van der Waals surface area contributed by atoms with Gasteiger partial charge in [-0.05, 0) is 29.8 Å². The zero-order valence-electron chi connectivity index (χ0n) is 14.3. The second-order valence-electron chi connectivity index (χ2n) is 5.90. The van der Waals surface area contributed by atoms with Crippen LogP contribution in [0.4, 0.5) is 17.3 Å². The fraction of sp³-hybridized carbons (Fsp3) is 0.167. The topological polar surface area (TPSA) is 108 Å². The number of nitro benzene ring substituents is 1. The molecule has 2 aromatic heterocycles. The van der Waals surface area contributed by atoms with Crippen LogP contribution in [-0.2, 0) is 6.54 Å². The van der Waals surface area contributed by atoms with Crippen molar-refractivity contribution >= 4 is 28.2 Å². The molecule has 0 saturated heterocycles. The van der Waals surface area contributed by atoms with Crippen molar-refractivity contribution in [1.82, 2.24) is 9.97 Å². The number of nitrogens with zero attached hydrogens (tertiary/aromatic N) is 5. The summed E-state index contributed by atoms with van der Waals surface area (Å²) in [5.74, 6) is 1.38. The number of nitro groups is 1. The number of nitriles is 1. The summed E-state index contributed by atoms with van der Waals surface area (Å²) in [6.45, 7) is 0.514. The zero-order chi connectivity index (χ0) is 18.7. The highest BCUT2D eigenvalue weighted by Crippen LogP contribution is 2.25. The lowest BCUT2D eigenvalue weighted by atomic mass is 10.1. The van der Waals surface area contributed by atoms with Crippen LogP contribution in [0.5, 0.6) is 0 Å². The number of aromatic nitrogens is 2. The van der Waals surface area contributed by atoms with Crippen molar-refractivity contribution in [2.24, 2.45) is 0 Å². The minimum absolute atomic E-state index is 0.0653. The molecule has 0 unspecified atom stereocenters. The zero-order valence-corrected chi connectivity index (χ0v) is 14.3. The van der Waals surface area contributed by atoms with Crippen LogP contribution in [-0.4, -0.2) is 29.0 Å². The Hall–Kier alpha value is -3.73. The van der Waals surface area contributed by atoms with Gasteiger partial charge in [0, 0.05) is 44.4 Å². The van der Waals surface area contributed by atoms with Gasteiger partial charge in [-0.1, -0.05) is 0 Å². The molecular weight excluding hydrogens is 332 g/mol. The summed E-state index contributed by atoms with van der Waals surface area (Å²) >= 11 is 0. The third-order valence-corrected chi connectivity index (χ3v) is 3.87. The Morgan fingerprint density at radius 3 is 2.77 bits per heavy atom. The maximum absolute atomic E-state index is 10.9. The first kappa shape index (κ1) is 17.1. The van der Waals surface area contributed by atoms with E-state index in [4.69, 9.17) is 0 Å². The molecule has 26 heavy (non-hydrogen) atoms. The van der Waals surface area contributed by atoms with Gasteiger partial charge in [-0.2, -0.15) is 5.26 Å². The summed E-state index contributed by atoms with van der Waals surface area (Å²) in [7, 11) is 3.84. The molecule has 3 aromatic rings.